The lowest BCUT2D eigenvalue weighted by molar-refractivity contribution is -0.924. The number of hydrogen-bond donors (Lipinski definition) is 2. The number of ether oxygens (including phenoxy) is 2. The molecule has 148 valence electrons. The quantitative estimate of drug-likeness (QED) is 0.749. The highest BCUT2D eigenvalue weighted by atomic mass is 16.5. The zero-order valence-corrected chi connectivity index (χ0v) is 16.8. The number of rotatable bonds is 6. The van der Waals surface area contributed by atoms with Crippen LogP contribution in [0.25, 0.3) is 0 Å². The third kappa shape index (κ3) is 4.17. The molecular formula is C22H27N2O4+. The number of benzene rings is 2. The molecule has 0 radical (unpaired) electrons. The van der Waals surface area contributed by atoms with Crippen molar-refractivity contribution in [2.45, 2.75) is 26.3 Å². The van der Waals surface area contributed by atoms with Gasteiger partial charge in [0.1, 0.15) is 6.04 Å². The maximum absolute atomic E-state index is 12.6. The van der Waals surface area contributed by atoms with E-state index in [0.29, 0.717) is 23.5 Å². The Bertz CT molecular complexity index is 894. The monoisotopic (exact) mass is 383 g/mol. The van der Waals surface area contributed by atoms with Crippen LogP contribution in [0.2, 0.25) is 0 Å². The molecule has 0 bridgehead atoms. The van der Waals surface area contributed by atoms with E-state index in [4.69, 9.17) is 9.47 Å². The topological polar surface area (TPSA) is 69.1 Å². The van der Waals surface area contributed by atoms with Gasteiger partial charge in [0.15, 0.2) is 23.8 Å². The van der Waals surface area contributed by atoms with Gasteiger partial charge in [-0.05, 0) is 43.7 Å². The first-order valence-corrected chi connectivity index (χ1v) is 9.43. The van der Waals surface area contributed by atoms with Gasteiger partial charge >= 0.3 is 0 Å². The molecule has 1 aliphatic heterocycles. The minimum Gasteiger partial charge on any atom is -0.493 e. The molecule has 1 unspecified atom stereocenters. The van der Waals surface area contributed by atoms with Gasteiger partial charge < -0.3 is 19.7 Å². The standard InChI is InChI=1S/C22H26N2O4/c1-14-19-12-21(28-4)20(27-3)11-17(19)8-9-24(14)13-22(26)23-18-7-5-6-16(10-18)15(2)25/h5-7,10-12,14H,8-9,13H2,1-4H3,(H,23,26)/p+1/t14-/m1/s1. The number of anilines is 1. The highest BCUT2D eigenvalue weighted by molar-refractivity contribution is 5.97. The number of carbonyl (C=O) groups is 2. The van der Waals surface area contributed by atoms with Crippen molar-refractivity contribution in [1.29, 1.82) is 0 Å². The molecule has 3 rings (SSSR count). The summed E-state index contributed by atoms with van der Waals surface area (Å²) in [7, 11) is 3.27. The lowest BCUT2D eigenvalue weighted by Crippen LogP contribution is -3.14. The van der Waals surface area contributed by atoms with E-state index in [1.165, 1.54) is 23.0 Å². The van der Waals surface area contributed by atoms with Crippen molar-refractivity contribution in [2.24, 2.45) is 0 Å². The van der Waals surface area contributed by atoms with Crippen molar-refractivity contribution in [2.75, 3.05) is 32.6 Å². The van der Waals surface area contributed by atoms with E-state index >= 15 is 0 Å². The average Bonchev–Trinajstić information content (AvgIpc) is 2.69. The number of fused-ring (bicyclic) bond motifs is 1. The number of hydrogen-bond acceptors (Lipinski definition) is 4. The molecule has 2 N–H and O–H groups in total. The van der Waals surface area contributed by atoms with E-state index in [0.717, 1.165) is 18.7 Å². The summed E-state index contributed by atoms with van der Waals surface area (Å²) in [4.78, 5) is 25.3. The number of methoxy groups -OCH3 is 2. The van der Waals surface area contributed by atoms with Crippen LogP contribution < -0.4 is 19.7 Å². The van der Waals surface area contributed by atoms with Crippen molar-refractivity contribution in [3.8, 4) is 11.5 Å². The molecule has 1 aliphatic rings. The van der Waals surface area contributed by atoms with Gasteiger partial charge in [0.2, 0.25) is 0 Å². The van der Waals surface area contributed by atoms with Crippen molar-refractivity contribution in [3.63, 3.8) is 0 Å². The van der Waals surface area contributed by atoms with Crippen LogP contribution in [-0.4, -0.2) is 39.0 Å². The van der Waals surface area contributed by atoms with Crippen LogP contribution in [0.1, 0.15) is 41.4 Å². The summed E-state index contributed by atoms with van der Waals surface area (Å²) in [5.74, 6) is 1.36. The smallest absolute Gasteiger partial charge is 0.279 e. The minimum atomic E-state index is -0.0634. The fourth-order valence-corrected chi connectivity index (χ4v) is 3.76. The Morgan fingerprint density at radius 3 is 2.54 bits per heavy atom. The second kappa shape index (κ2) is 8.44. The number of amides is 1. The van der Waals surface area contributed by atoms with Gasteiger partial charge in [-0.25, -0.2) is 0 Å². The van der Waals surface area contributed by atoms with Gasteiger partial charge in [-0.1, -0.05) is 12.1 Å². The first-order valence-electron chi connectivity index (χ1n) is 9.43. The van der Waals surface area contributed by atoms with Crippen molar-refractivity contribution in [3.05, 3.63) is 53.1 Å². The molecule has 0 fully saturated rings. The molecule has 0 aliphatic carbocycles. The molecule has 1 heterocycles. The molecule has 0 saturated carbocycles. The van der Waals surface area contributed by atoms with Crippen LogP contribution in [0.4, 0.5) is 5.69 Å². The maximum atomic E-state index is 12.6. The Labute approximate surface area is 165 Å². The van der Waals surface area contributed by atoms with Gasteiger partial charge in [-0.3, -0.25) is 9.59 Å². The van der Waals surface area contributed by atoms with Gasteiger partial charge in [-0.15, -0.1) is 0 Å². The molecule has 6 nitrogen and oxygen atoms in total. The second-order valence-corrected chi connectivity index (χ2v) is 7.15. The first-order chi connectivity index (χ1) is 13.4. The highest BCUT2D eigenvalue weighted by Gasteiger charge is 2.30. The number of nitrogens with one attached hydrogen (secondary N) is 2. The summed E-state index contributed by atoms with van der Waals surface area (Å²) in [5.41, 5.74) is 3.66. The predicted octanol–water partition coefficient (Wildman–Crippen LogP) is 2.05. The van der Waals surface area contributed by atoms with Crippen molar-refractivity contribution < 1.29 is 24.0 Å². The number of quaternary nitrogens is 1. The number of ketones is 1. The van der Waals surface area contributed by atoms with Crippen LogP contribution in [0.5, 0.6) is 11.5 Å². The molecule has 0 aromatic heterocycles. The number of Topliss-reactive ketones (excluding diaryl/α,β-unsaturated/α-hetero) is 1. The summed E-state index contributed by atoms with van der Waals surface area (Å²) < 4.78 is 10.8. The summed E-state index contributed by atoms with van der Waals surface area (Å²) in [5, 5.41) is 2.91. The van der Waals surface area contributed by atoms with Crippen LogP contribution in [0.3, 0.4) is 0 Å². The lowest BCUT2D eigenvalue weighted by atomic mass is 9.93. The summed E-state index contributed by atoms with van der Waals surface area (Å²) in [6.45, 7) is 4.87. The molecule has 6 heteroatoms. The lowest BCUT2D eigenvalue weighted by Gasteiger charge is -2.32. The zero-order valence-electron chi connectivity index (χ0n) is 16.8. The normalized spacial score (nSPS) is 18.1. The van der Waals surface area contributed by atoms with E-state index in [-0.39, 0.29) is 17.7 Å². The summed E-state index contributed by atoms with van der Waals surface area (Å²) in [6.07, 6.45) is 0.877. The highest BCUT2D eigenvalue weighted by Crippen LogP contribution is 2.33. The van der Waals surface area contributed by atoms with E-state index in [2.05, 4.69) is 12.2 Å². The molecule has 0 spiro atoms. The molecule has 0 saturated heterocycles. The van der Waals surface area contributed by atoms with E-state index in [1.54, 1.807) is 38.5 Å². The Morgan fingerprint density at radius 2 is 1.86 bits per heavy atom. The Balaban J connectivity index is 1.71. The van der Waals surface area contributed by atoms with E-state index in [9.17, 15) is 9.59 Å². The van der Waals surface area contributed by atoms with Crippen LogP contribution in [0, 0.1) is 0 Å². The second-order valence-electron chi connectivity index (χ2n) is 7.15. The third-order valence-corrected chi connectivity index (χ3v) is 5.38. The molecular weight excluding hydrogens is 356 g/mol. The molecule has 2 aromatic carbocycles. The van der Waals surface area contributed by atoms with Crippen molar-refractivity contribution >= 4 is 17.4 Å². The van der Waals surface area contributed by atoms with Gasteiger partial charge in [-0.2, -0.15) is 0 Å². The minimum absolute atomic E-state index is 0.0210. The van der Waals surface area contributed by atoms with Gasteiger partial charge in [0, 0.05) is 23.2 Å². The van der Waals surface area contributed by atoms with Crippen molar-refractivity contribution in [1.82, 2.24) is 0 Å². The predicted molar refractivity (Wildman–Crippen MR) is 107 cm³/mol. The van der Waals surface area contributed by atoms with E-state index < -0.39 is 0 Å². The number of carbonyl (C=O) groups excluding carboxylic acids is 2. The van der Waals surface area contributed by atoms with Gasteiger partial charge in [0.25, 0.3) is 5.91 Å². The Hall–Kier alpha value is -2.86. The Kier molecular flexibility index (Phi) is 5.99. The molecule has 1 amide bonds. The molecule has 28 heavy (non-hydrogen) atoms. The van der Waals surface area contributed by atoms with Crippen LogP contribution in [0.15, 0.2) is 36.4 Å². The van der Waals surface area contributed by atoms with Crippen LogP contribution in [-0.2, 0) is 11.2 Å². The Morgan fingerprint density at radius 1 is 1.14 bits per heavy atom. The molecule has 2 aromatic rings. The van der Waals surface area contributed by atoms with Gasteiger partial charge in [0.05, 0.1) is 20.8 Å². The van der Waals surface area contributed by atoms with Crippen LogP contribution >= 0.6 is 0 Å². The zero-order chi connectivity index (χ0) is 20.3. The third-order valence-electron chi connectivity index (χ3n) is 5.38. The summed E-state index contributed by atoms with van der Waals surface area (Å²) in [6, 6.07) is 11.2. The van der Waals surface area contributed by atoms with E-state index in [1.807, 2.05) is 12.1 Å². The largest absolute Gasteiger partial charge is 0.493 e. The summed E-state index contributed by atoms with van der Waals surface area (Å²) >= 11 is 0. The maximum Gasteiger partial charge on any atom is 0.279 e. The first kappa shape index (κ1) is 19.9. The fraction of sp³-hybridized carbons (Fsp3) is 0.364. The average molecular weight is 383 g/mol. The molecule has 2 atom stereocenters. The fourth-order valence-electron chi connectivity index (χ4n) is 3.76. The SMILES string of the molecule is COc1cc2c(cc1OC)[C@@H](C)[NH+](CC(=O)Nc1cccc(C(C)=O)c1)CC2.